The summed E-state index contributed by atoms with van der Waals surface area (Å²) < 4.78 is 18.6. The van der Waals surface area contributed by atoms with Crippen LogP contribution in [0.4, 0.5) is 4.39 Å². The van der Waals surface area contributed by atoms with Crippen LogP contribution in [0.2, 0.25) is 5.02 Å². The lowest BCUT2D eigenvalue weighted by Crippen LogP contribution is -2.08. The fourth-order valence-corrected chi connectivity index (χ4v) is 1.92. The Labute approximate surface area is 115 Å². The van der Waals surface area contributed by atoms with E-state index in [0.29, 0.717) is 5.02 Å². The average Bonchev–Trinajstić information content (AvgIpc) is 2.39. The van der Waals surface area contributed by atoms with Crippen molar-refractivity contribution in [2.45, 2.75) is 6.42 Å². The van der Waals surface area contributed by atoms with Gasteiger partial charge in [0.2, 0.25) is 0 Å². The van der Waals surface area contributed by atoms with Crippen LogP contribution in [0.3, 0.4) is 0 Å². The highest BCUT2D eigenvalue weighted by molar-refractivity contribution is 6.30. The molecule has 5 heteroatoms. The molecule has 1 aromatic carbocycles. The van der Waals surface area contributed by atoms with Crippen molar-refractivity contribution >= 4 is 17.4 Å². The monoisotopic (exact) mass is 279 g/mol. The second-order valence-electron chi connectivity index (χ2n) is 3.91. The maximum absolute atomic E-state index is 13.9. The van der Waals surface area contributed by atoms with Gasteiger partial charge < -0.3 is 4.74 Å². The molecular formula is C14H11ClFNO2. The first-order chi connectivity index (χ1) is 9.11. The van der Waals surface area contributed by atoms with Gasteiger partial charge in [-0.1, -0.05) is 23.7 Å². The van der Waals surface area contributed by atoms with Gasteiger partial charge in [-0.25, -0.2) is 9.37 Å². The van der Waals surface area contributed by atoms with Gasteiger partial charge in [0, 0.05) is 17.6 Å². The molecular weight excluding hydrogens is 269 g/mol. The molecule has 0 unspecified atom stereocenters. The molecule has 3 nitrogen and oxygen atoms in total. The molecule has 0 bridgehead atoms. The van der Waals surface area contributed by atoms with Gasteiger partial charge in [-0.2, -0.15) is 0 Å². The molecule has 0 N–H and O–H groups in total. The van der Waals surface area contributed by atoms with Crippen molar-refractivity contribution in [2.24, 2.45) is 0 Å². The quantitative estimate of drug-likeness (QED) is 0.806. The highest BCUT2D eigenvalue weighted by atomic mass is 35.5. The number of benzene rings is 1. The summed E-state index contributed by atoms with van der Waals surface area (Å²) in [5.41, 5.74) is 0.694. The Kier molecular flexibility index (Phi) is 4.12. The summed E-state index contributed by atoms with van der Waals surface area (Å²) in [6.45, 7) is 0. The predicted molar refractivity (Wildman–Crippen MR) is 70.2 cm³/mol. The molecule has 0 saturated heterocycles. The molecule has 1 aromatic heterocycles. The van der Waals surface area contributed by atoms with Crippen LogP contribution >= 0.6 is 11.6 Å². The number of nitrogens with zero attached hydrogens (tertiary/aromatic N) is 1. The number of carbonyl (C=O) groups is 1. The maximum atomic E-state index is 13.9. The molecule has 0 radical (unpaired) electrons. The van der Waals surface area contributed by atoms with E-state index < -0.39 is 5.82 Å². The molecule has 0 saturated carbocycles. The molecule has 0 atom stereocenters. The number of rotatable bonds is 4. The Morgan fingerprint density at radius 2 is 2.21 bits per heavy atom. The molecule has 1 heterocycles. The van der Waals surface area contributed by atoms with Crippen molar-refractivity contribution in [1.29, 1.82) is 0 Å². The first kappa shape index (κ1) is 13.5. The summed E-state index contributed by atoms with van der Waals surface area (Å²) >= 11 is 5.84. The van der Waals surface area contributed by atoms with Crippen LogP contribution in [0, 0.1) is 5.82 Å². The van der Waals surface area contributed by atoms with Crippen LogP contribution in [0.25, 0.3) is 0 Å². The number of methoxy groups -OCH3 is 1. The fraction of sp³-hybridized carbons (Fsp3) is 0.143. The highest BCUT2D eigenvalue weighted by Crippen LogP contribution is 2.19. The molecule has 98 valence electrons. The standard InChI is InChI=1S/C14H11ClFNO2/c1-19-14-13(16)11(5-6-17-14)12(18)8-9-3-2-4-10(15)7-9/h2-7H,8H2,1H3. The Hall–Kier alpha value is -1.94. The molecule has 2 aromatic rings. The van der Waals surface area contributed by atoms with Gasteiger partial charge in [0.25, 0.3) is 5.88 Å². The zero-order valence-corrected chi connectivity index (χ0v) is 10.9. The smallest absolute Gasteiger partial charge is 0.250 e. The molecule has 0 spiro atoms. The van der Waals surface area contributed by atoms with E-state index in [1.54, 1.807) is 24.3 Å². The van der Waals surface area contributed by atoms with E-state index in [1.165, 1.54) is 19.4 Å². The zero-order valence-electron chi connectivity index (χ0n) is 10.2. The van der Waals surface area contributed by atoms with E-state index in [-0.39, 0.29) is 23.6 Å². The number of ether oxygens (including phenoxy) is 1. The summed E-state index contributed by atoms with van der Waals surface area (Å²) in [5, 5.41) is 0.540. The van der Waals surface area contributed by atoms with E-state index in [2.05, 4.69) is 4.98 Å². The van der Waals surface area contributed by atoms with Crippen molar-refractivity contribution in [2.75, 3.05) is 7.11 Å². The lowest BCUT2D eigenvalue weighted by atomic mass is 10.0. The summed E-state index contributed by atoms with van der Waals surface area (Å²) in [6, 6.07) is 8.24. The molecule has 0 aliphatic heterocycles. The number of aromatic nitrogens is 1. The number of pyridine rings is 1. The van der Waals surface area contributed by atoms with Gasteiger partial charge >= 0.3 is 0 Å². The second kappa shape index (κ2) is 5.80. The summed E-state index contributed by atoms with van der Waals surface area (Å²) in [4.78, 5) is 15.7. The first-order valence-corrected chi connectivity index (χ1v) is 5.95. The van der Waals surface area contributed by atoms with Crippen molar-refractivity contribution in [3.05, 3.63) is 58.5 Å². The van der Waals surface area contributed by atoms with Crippen molar-refractivity contribution in [3.8, 4) is 5.88 Å². The molecule has 2 rings (SSSR count). The number of halogens is 2. The Morgan fingerprint density at radius 1 is 1.42 bits per heavy atom. The van der Waals surface area contributed by atoms with Crippen molar-refractivity contribution in [3.63, 3.8) is 0 Å². The molecule has 19 heavy (non-hydrogen) atoms. The Balaban J connectivity index is 2.25. The van der Waals surface area contributed by atoms with Crippen molar-refractivity contribution in [1.82, 2.24) is 4.98 Å². The van der Waals surface area contributed by atoms with Gasteiger partial charge in [0.05, 0.1) is 12.7 Å². The first-order valence-electron chi connectivity index (χ1n) is 5.58. The molecule has 0 fully saturated rings. The minimum Gasteiger partial charge on any atom is -0.479 e. The van der Waals surface area contributed by atoms with E-state index in [1.807, 2.05) is 0 Å². The minimum atomic E-state index is -0.739. The van der Waals surface area contributed by atoms with Gasteiger partial charge in [0.15, 0.2) is 11.6 Å². The van der Waals surface area contributed by atoms with E-state index in [4.69, 9.17) is 16.3 Å². The molecule has 0 aliphatic carbocycles. The predicted octanol–water partition coefficient (Wildman–Crippen LogP) is 3.31. The number of hydrogen-bond donors (Lipinski definition) is 0. The normalized spacial score (nSPS) is 10.3. The molecule has 0 amide bonds. The average molecular weight is 280 g/mol. The zero-order chi connectivity index (χ0) is 13.8. The second-order valence-corrected chi connectivity index (χ2v) is 4.35. The summed E-state index contributed by atoms with van der Waals surface area (Å²) in [7, 11) is 1.30. The SMILES string of the molecule is COc1nccc(C(=O)Cc2cccc(Cl)c2)c1F. The van der Waals surface area contributed by atoms with Gasteiger partial charge in [0.1, 0.15) is 0 Å². The minimum absolute atomic E-state index is 0.0353. The number of Topliss-reactive ketones (excluding diaryl/α,β-unsaturated/α-hetero) is 1. The van der Waals surface area contributed by atoms with Gasteiger partial charge in [-0.3, -0.25) is 4.79 Å². The lowest BCUT2D eigenvalue weighted by molar-refractivity contribution is 0.0988. The maximum Gasteiger partial charge on any atom is 0.250 e. The van der Waals surface area contributed by atoms with E-state index in [9.17, 15) is 9.18 Å². The fourth-order valence-electron chi connectivity index (χ4n) is 1.71. The van der Waals surface area contributed by atoms with Crippen LogP contribution in [0.15, 0.2) is 36.5 Å². The van der Waals surface area contributed by atoms with Crippen LogP contribution in [-0.2, 0) is 6.42 Å². The van der Waals surface area contributed by atoms with Gasteiger partial charge in [-0.05, 0) is 23.8 Å². The third-order valence-electron chi connectivity index (χ3n) is 2.60. The third-order valence-corrected chi connectivity index (χ3v) is 2.84. The van der Waals surface area contributed by atoms with Crippen LogP contribution in [0.1, 0.15) is 15.9 Å². The topological polar surface area (TPSA) is 39.2 Å². The van der Waals surface area contributed by atoms with Crippen LogP contribution in [0.5, 0.6) is 5.88 Å². The van der Waals surface area contributed by atoms with Crippen molar-refractivity contribution < 1.29 is 13.9 Å². The summed E-state index contributed by atoms with van der Waals surface area (Å²) in [6.07, 6.45) is 1.41. The number of carbonyl (C=O) groups excluding carboxylic acids is 1. The largest absolute Gasteiger partial charge is 0.479 e. The highest BCUT2D eigenvalue weighted by Gasteiger charge is 2.16. The van der Waals surface area contributed by atoms with Crippen LogP contribution < -0.4 is 4.74 Å². The number of hydrogen-bond acceptors (Lipinski definition) is 3. The van der Waals surface area contributed by atoms with Crippen LogP contribution in [-0.4, -0.2) is 17.9 Å². The number of ketones is 1. The Morgan fingerprint density at radius 3 is 2.89 bits per heavy atom. The Bertz CT molecular complexity index is 616. The summed E-state index contributed by atoms with van der Waals surface area (Å²) in [5.74, 6) is -1.27. The lowest BCUT2D eigenvalue weighted by Gasteiger charge is -2.06. The third kappa shape index (κ3) is 3.09. The van der Waals surface area contributed by atoms with E-state index in [0.717, 1.165) is 5.56 Å². The van der Waals surface area contributed by atoms with E-state index >= 15 is 0 Å². The van der Waals surface area contributed by atoms with Gasteiger partial charge in [-0.15, -0.1) is 0 Å². The molecule has 0 aliphatic rings.